The molecule has 0 aromatic carbocycles. The van der Waals surface area contributed by atoms with E-state index in [1.165, 1.54) is 13.8 Å². The minimum absolute atomic E-state index is 0.0534. The van der Waals surface area contributed by atoms with Crippen LogP contribution in [-0.4, -0.2) is 23.4 Å². The highest BCUT2D eigenvalue weighted by molar-refractivity contribution is 6.01. The maximum absolute atomic E-state index is 11.2. The molecule has 6 nitrogen and oxygen atoms in total. The van der Waals surface area contributed by atoms with E-state index >= 15 is 0 Å². The molecule has 96 valence electrons. The summed E-state index contributed by atoms with van der Waals surface area (Å²) in [6, 6.07) is 0. The molecule has 0 heterocycles. The van der Waals surface area contributed by atoms with E-state index in [0.717, 1.165) is 0 Å². The predicted octanol–water partition coefficient (Wildman–Crippen LogP) is -0.606. The standard InChI is InChI=1S/C11H18N2O4/c1-5(9(7(3)15)11(13)17)4-8(6(2)14)10(12)16/h5,8-9H,4H2,1-3H3,(H2,12,16)(H2,13,17). The zero-order chi connectivity index (χ0) is 13.7. The first-order valence-corrected chi connectivity index (χ1v) is 5.28. The first-order chi connectivity index (χ1) is 7.68. The number of hydrogen-bond donors (Lipinski definition) is 2. The molecule has 6 heteroatoms. The van der Waals surface area contributed by atoms with E-state index in [1.54, 1.807) is 6.92 Å². The average molecular weight is 242 g/mol. The van der Waals surface area contributed by atoms with Crippen LogP contribution in [0.15, 0.2) is 0 Å². The number of hydrogen-bond acceptors (Lipinski definition) is 4. The Morgan fingerprint density at radius 2 is 1.41 bits per heavy atom. The molecule has 0 saturated heterocycles. The van der Waals surface area contributed by atoms with Crippen LogP contribution in [0.2, 0.25) is 0 Å². The van der Waals surface area contributed by atoms with Crippen molar-refractivity contribution in [2.24, 2.45) is 29.2 Å². The summed E-state index contributed by atoms with van der Waals surface area (Å²) in [5.41, 5.74) is 10.2. The molecule has 0 rings (SSSR count). The lowest BCUT2D eigenvalue weighted by molar-refractivity contribution is -0.137. The third kappa shape index (κ3) is 4.34. The van der Waals surface area contributed by atoms with Crippen molar-refractivity contribution >= 4 is 23.4 Å². The summed E-state index contributed by atoms with van der Waals surface area (Å²) in [6.45, 7) is 4.09. The summed E-state index contributed by atoms with van der Waals surface area (Å²) in [5, 5.41) is 0. The smallest absolute Gasteiger partial charge is 0.228 e. The fourth-order valence-corrected chi connectivity index (χ4v) is 1.87. The SMILES string of the molecule is CC(=O)C(CC(C)C(C(C)=O)C(N)=O)C(N)=O. The highest BCUT2D eigenvalue weighted by Gasteiger charge is 2.32. The number of primary amides is 2. The second-order valence-electron chi connectivity index (χ2n) is 4.27. The van der Waals surface area contributed by atoms with Gasteiger partial charge >= 0.3 is 0 Å². The summed E-state index contributed by atoms with van der Waals surface area (Å²) in [5.74, 6) is -4.73. The molecule has 2 amide bonds. The number of rotatable bonds is 7. The number of Topliss-reactive ketones (excluding diaryl/α,β-unsaturated/α-hetero) is 2. The zero-order valence-corrected chi connectivity index (χ0v) is 10.2. The molecule has 0 bridgehead atoms. The first kappa shape index (κ1) is 15.3. The third-order valence-electron chi connectivity index (χ3n) is 2.76. The van der Waals surface area contributed by atoms with Crippen molar-refractivity contribution in [2.75, 3.05) is 0 Å². The lowest BCUT2D eigenvalue weighted by Crippen LogP contribution is -2.38. The Balaban J connectivity index is 4.86. The van der Waals surface area contributed by atoms with Crippen LogP contribution < -0.4 is 11.5 Å². The average Bonchev–Trinajstić information content (AvgIpc) is 2.11. The maximum atomic E-state index is 11.2. The number of amides is 2. The van der Waals surface area contributed by atoms with Crippen LogP contribution in [0, 0.1) is 17.8 Å². The molecule has 0 aliphatic carbocycles. The van der Waals surface area contributed by atoms with Gasteiger partial charge in [0, 0.05) is 0 Å². The van der Waals surface area contributed by atoms with Crippen LogP contribution in [-0.2, 0) is 19.2 Å². The Morgan fingerprint density at radius 3 is 1.65 bits per heavy atom. The van der Waals surface area contributed by atoms with Crippen LogP contribution in [0.1, 0.15) is 27.2 Å². The maximum Gasteiger partial charge on any atom is 0.228 e. The fourth-order valence-electron chi connectivity index (χ4n) is 1.87. The second kappa shape index (κ2) is 6.12. The summed E-state index contributed by atoms with van der Waals surface area (Å²) < 4.78 is 0. The van der Waals surface area contributed by atoms with Crippen molar-refractivity contribution in [1.29, 1.82) is 0 Å². The van der Waals surface area contributed by atoms with Crippen molar-refractivity contribution in [3.63, 3.8) is 0 Å². The van der Waals surface area contributed by atoms with Crippen molar-refractivity contribution in [1.82, 2.24) is 0 Å². The zero-order valence-electron chi connectivity index (χ0n) is 10.2. The van der Waals surface area contributed by atoms with Crippen molar-refractivity contribution in [2.45, 2.75) is 27.2 Å². The lowest BCUT2D eigenvalue weighted by Gasteiger charge is -2.21. The molecule has 3 atom stereocenters. The summed E-state index contributed by atoms with van der Waals surface area (Å²) in [4.78, 5) is 44.6. The fraction of sp³-hybridized carbons (Fsp3) is 0.636. The van der Waals surface area contributed by atoms with E-state index < -0.39 is 29.6 Å². The molecule has 0 saturated carbocycles. The predicted molar refractivity (Wildman–Crippen MR) is 60.5 cm³/mol. The van der Waals surface area contributed by atoms with Crippen molar-refractivity contribution < 1.29 is 19.2 Å². The molecule has 0 radical (unpaired) electrons. The van der Waals surface area contributed by atoms with Crippen molar-refractivity contribution in [3.8, 4) is 0 Å². The minimum Gasteiger partial charge on any atom is -0.369 e. The summed E-state index contributed by atoms with van der Waals surface area (Å²) >= 11 is 0. The van der Waals surface area contributed by atoms with Gasteiger partial charge in [-0.3, -0.25) is 19.2 Å². The molecule has 17 heavy (non-hydrogen) atoms. The Morgan fingerprint density at radius 1 is 0.941 bits per heavy atom. The Bertz CT molecular complexity index is 323. The van der Waals surface area contributed by atoms with E-state index in [4.69, 9.17) is 11.5 Å². The van der Waals surface area contributed by atoms with Gasteiger partial charge in [-0.2, -0.15) is 0 Å². The molecule has 3 unspecified atom stereocenters. The van der Waals surface area contributed by atoms with Gasteiger partial charge in [-0.15, -0.1) is 0 Å². The van der Waals surface area contributed by atoms with E-state index in [0.29, 0.717) is 0 Å². The van der Waals surface area contributed by atoms with Gasteiger partial charge in [0.25, 0.3) is 0 Å². The van der Waals surface area contributed by atoms with Crippen LogP contribution in [0.4, 0.5) is 0 Å². The van der Waals surface area contributed by atoms with Crippen LogP contribution >= 0.6 is 0 Å². The quantitative estimate of drug-likeness (QED) is 0.578. The lowest BCUT2D eigenvalue weighted by atomic mass is 9.82. The van der Waals surface area contributed by atoms with Gasteiger partial charge in [-0.1, -0.05) is 6.92 Å². The number of nitrogens with two attached hydrogens (primary N) is 2. The topological polar surface area (TPSA) is 120 Å². The molecular weight excluding hydrogens is 224 g/mol. The Kier molecular flexibility index (Phi) is 5.50. The summed E-state index contributed by atoms with van der Waals surface area (Å²) in [6.07, 6.45) is 0.0534. The van der Waals surface area contributed by atoms with Gasteiger partial charge in [0.2, 0.25) is 11.8 Å². The van der Waals surface area contributed by atoms with Crippen LogP contribution in [0.3, 0.4) is 0 Å². The van der Waals surface area contributed by atoms with E-state index in [9.17, 15) is 19.2 Å². The molecule has 0 aromatic heterocycles. The molecule has 0 aliphatic rings. The van der Waals surface area contributed by atoms with Crippen LogP contribution in [0.25, 0.3) is 0 Å². The monoisotopic (exact) mass is 242 g/mol. The molecule has 0 fully saturated rings. The molecule has 0 aliphatic heterocycles. The van der Waals surface area contributed by atoms with E-state index in [-0.39, 0.29) is 18.0 Å². The highest BCUT2D eigenvalue weighted by Crippen LogP contribution is 2.22. The summed E-state index contributed by atoms with van der Waals surface area (Å²) in [7, 11) is 0. The van der Waals surface area contributed by atoms with E-state index in [1.807, 2.05) is 0 Å². The number of carbonyl (C=O) groups excluding carboxylic acids is 4. The van der Waals surface area contributed by atoms with Gasteiger partial charge < -0.3 is 11.5 Å². The molecule has 4 N–H and O–H groups in total. The first-order valence-electron chi connectivity index (χ1n) is 5.28. The Labute approximate surface area is 99.7 Å². The number of carbonyl (C=O) groups is 4. The Hall–Kier alpha value is -1.72. The van der Waals surface area contributed by atoms with Gasteiger partial charge in [0.05, 0.1) is 11.8 Å². The highest BCUT2D eigenvalue weighted by atomic mass is 16.2. The van der Waals surface area contributed by atoms with E-state index in [2.05, 4.69) is 0 Å². The third-order valence-corrected chi connectivity index (χ3v) is 2.76. The largest absolute Gasteiger partial charge is 0.369 e. The number of ketones is 2. The van der Waals surface area contributed by atoms with Crippen molar-refractivity contribution in [3.05, 3.63) is 0 Å². The van der Waals surface area contributed by atoms with Gasteiger partial charge in [-0.05, 0) is 26.2 Å². The minimum atomic E-state index is -0.990. The van der Waals surface area contributed by atoms with Gasteiger partial charge in [0.1, 0.15) is 11.6 Å². The van der Waals surface area contributed by atoms with Gasteiger partial charge in [0.15, 0.2) is 0 Å². The second-order valence-corrected chi connectivity index (χ2v) is 4.27. The molecular formula is C11H18N2O4. The normalized spacial score (nSPS) is 15.7. The van der Waals surface area contributed by atoms with Gasteiger partial charge in [-0.25, -0.2) is 0 Å². The molecule has 0 spiro atoms. The molecule has 0 aromatic rings. The van der Waals surface area contributed by atoms with Crippen LogP contribution in [0.5, 0.6) is 0 Å².